The van der Waals surface area contributed by atoms with Crippen LogP contribution in [0.1, 0.15) is 22.8 Å². The van der Waals surface area contributed by atoms with Crippen molar-refractivity contribution in [2.45, 2.75) is 13.8 Å². The van der Waals surface area contributed by atoms with Crippen LogP contribution >= 0.6 is 27.3 Å². The van der Waals surface area contributed by atoms with Crippen molar-refractivity contribution in [1.29, 1.82) is 0 Å². The molecule has 3 aromatic rings. The molecule has 5 heteroatoms. The van der Waals surface area contributed by atoms with Gasteiger partial charge in [-0.25, -0.2) is 4.98 Å². The van der Waals surface area contributed by atoms with Crippen molar-refractivity contribution >= 4 is 38.3 Å². The molecule has 0 fully saturated rings. The number of aromatic nitrogens is 1. The summed E-state index contributed by atoms with van der Waals surface area (Å²) < 4.78 is 1.03. The van der Waals surface area contributed by atoms with Crippen molar-refractivity contribution in [3.8, 4) is 11.3 Å². The van der Waals surface area contributed by atoms with E-state index in [-0.39, 0.29) is 5.91 Å². The van der Waals surface area contributed by atoms with Crippen molar-refractivity contribution < 1.29 is 4.79 Å². The van der Waals surface area contributed by atoms with Crippen LogP contribution in [0.15, 0.2) is 58.4 Å². The van der Waals surface area contributed by atoms with E-state index in [0.717, 1.165) is 32.0 Å². The number of aryl methyl sites for hydroxylation is 1. The minimum absolute atomic E-state index is 0.00712. The highest BCUT2D eigenvalue weighted by molar-refractivity contribution is 9.10. The van der Waals surface area contributed by atoms with Crippen LogP contribution in [-0.2, 0) is 0 Å². The standard InChI is InChI=1S/C19H17BrN2OS/c1-3-22(18(23)16-7-5-4-6-13(16)2)19-21-17(12-24-19)14-8-10-15(20)11-9-14/h4-12H,3H2,1-2H3. The molecule has 0 bridgehead atoms. The molecular weight excluding hydrogens is 384 g/mol. The van der Waals surface area contributed by atoms with E-state index in [0.29, 0.717) is 6.54 Å². The van der Waals surface area contributed by atoms with Gasteiger partial charge in [0.25, 0.3) is 5.91 Å². The fraction of sp³-hybridized carbons (Fsp3) is 0.158. The number of hydrogen-bond acceptors (Lipinski definition) is 3. The molecule has 1 amide bonds. The minimum Gasteiger partial charge on any atom is -0.284 e. The van der Waals surface area contributed by atoms with E-state index >= 15 is 0 Å². The normalized spacial score (nSPS) is 10.6. The maximum Gasteiger partial charge on any atom is 0.260 e. The molecule has 24 heavy (non-hydrogen) atoms. The van der Waals surface area contributed by atoms with Gasteiger partial charge in [-0.1, -0.05) is 46.3 Å². The van der Waals surface area contributed by atoms with Crippen molar-refractivity contribution in [1.82, 2.24) is 4.98 Å². The Balaban J connectivity index is 1.91. The van der Waals surface area contributed by atoms with Crippen molar-refractivity contribution in [3.05, 3.63) is 69.5 Å². The number of hydrogen-bond donors (Lipinski definition) is 0. The molecule has 0 saturated heterocycles. The van der Waals surface area contributed by atoms with Gasteiger partial charge < -0.3 is 0 Å². The number of carbonyl (C=O) groups is 1. The molecule has 122 valence electrons. The molecule has 3 nitrogen and oxygen atoms in total. The number of halogens is 1. The first-order chi connectivity index (χ1) is 11.6. The van der Waals surface area contributed by atoms with Gasteiger partial charge in [0, 0.05) is 27.5 Å². The Morgan fingerprint density at radius 3 is 2.54 bits per heavy atom. The lowest BCUT2D eigenvalue weighted by atomic mass is 10.1. The monoisotopic (exact) mass is 400 g/mol. The second-order valence-corrected chi connectivity index (χ2v) is 7.14. The summed E-state index contributed by atoms with van der Waals surface area (Å²) in [4.78, 5) is 19.3. The van der Waals surface area contributed by atoms with Crippen LogP contribution in [0.5, 0.6) is 0 Å². The van der Waals surface area contributed by atoms with E-state index < -0.39 is 0 Å². The van der Waals surface area contributed by atoms with Crippen LogP contribution in [0.25, 0.3) is 11.3 Å². The maximum absolute atomic E-state index is 12.9. The molecule has 3 rings (SSSR count). The number of rotatable bonds is 4. The fourth-order valence-electron chi connectivity index (χ4n) is 2.47. The van der Waals surface area contributed by atoms with E-state index in [1.165, 1.54) is 11.3 Å². The Morgan fingerprint density at radius 2 is 1.88 bits per heavy atom. The molecular formula is C19H17BrN2OS. The van der Waals surface area contributed by atoms with Gasteiger partial charge in [0.15, 0.2) is 5.13 Å². The summed E-state index contributed by atoms with van der Waals surface area (Å²) in [7, 11) is 0. The third kappa shape index (κ3) is 3.42. The summed E-state index contributed by atoms with van der Waals surface area (Å²) in [6.45, 7) is 4.51. The molecule has 1 aromatic heterocycles. The van der Waals surface area contributed by atoms with Crippen LogP contribution in [0.2, 0.25) is 0 Å². The number of carbonyl (C=O) groups excluding carboxylic acids is 1. The van der Waals surface area contributed by atoms with Gasteiger partial charge in [-0.05, 0) is 37.6 Å². The van der Waals surface area contributed by atoms with Gasteiger partial charge in [0.2, 0.25) is 0 Å². The van der Waals surface area contributed by atoms with Crippen molar-refractivity contribution in [3.63, 3.8) is 0 Å². The van der Waals surface area contributed by atoms with Crippen LogP contribution in [-0.4, -0.2) is 17.4 Å². The van der Waals surface area contributed by atoms with Crippen LogP contribution in [0, 0.1) is 6.92 Å². The van der Waals surface area contributed by atoms with Crippen LogP contribution in [0.3, 0.4) is 0 Å². The topological polar surface area (TPSA) is 33.2 Å². The van der Waals surface area contributed by atoms with Gasteiger partial charge in [-0.3, -0.25) is 9.69 Å². The third-order valence-corrected chi connectivity index (χ3v) is 5.19. The molecule has 1 heterocycles. The number of amides is 1. The molecule has 0 saturated carbocycles. The quantitative estimate of drug-likeness (QED) is 0.575. The smallest absolute Gasteiger partial charge is 0.260 e. The van der Waals surface area contributed by atoms with E-state index in [1.54, 1.807) is 4.90 Å². The molecule has 0 N–H and O–H groups in total. The van der Waals surface area contributed by atoms with Gasteiger partial charge in [-0.15, -0.1) is 11.3 Å². The summed E-state index contributed by atoms with van der Waals surface area (Å²) in [5.41, 5.74) is 3.63. The van der Waals surface area contributed by atoms with Crippen LogP contribution in [0.4, 0.5) is 5.13 Å². The summed E-state index contributed by atoms with van der Waals surface area (Å²) in [6, 6.07) is 15.7. The zero-order valence-electron chi connectivity index (χ0n) is 13.5. The predicted molar refractivity (Wildman–Crippen MR) is 104 cm³/mol. The average molecular weight is 401 g/mol. The Morgan fingerprint density at radius 1 is 1.17 bits per heavy atom. The first kappa shape index (κ1) is 16.9. The number of thiazole rings is 1. The maximum atomic E-state index is 12.9. The molecule has 0 aliphatic carbocycles. The average Bonchev–Trinajstić information content (AvgIpc) is 3.06. The van der Waals surface area contributed by atoms with E-state index in [1.807, 2.05) is 67.8 Å². The van der Waals surface area contributed by atoms with E-state index in [4.69, 9.17) is 0 Å². The molecule has 0 spiro atoms. The molecule has 0 aliphatic rings. The highest BCUT2D eigenvalue weighted by atomic mass is 79.9. The minimum atomic E-state index is -0.00712. The zero-order chi connectivity index (χ0) is 17.1. The Bertz CT molecular complexity index is 858. The molecule has 0 radical (unpaired) electrons. The van der Waals surface area contributed by atoms with Gasteiger partial charge in [0.1, 0.15) is 0 Å². The SMILES string of the molecule is CCN(C(=O)c1ccccc1C)c1nc(-c2ccc(Br)cc2)cs1. The Labute approximate surface area is 154 Å². The first-order valence-electron chi connectivity index (χ1n) is 7.69. The number of anilines is 1. The van der Waals surface area contributed by atoms with Crippen molar-refractivity contribution in [2.75, 3.05) is 11.4 Å². The lowest BCUT2D eigenvalue weighted by Crippen LogP contribution is -2.31. The largest absolute Gasteiger partial charge is 0.284 e. The molecule has 0 unspecified atom stereocenters. The molecule has 2 aromatic carbocycles. The van der Waals surface area contributed by atoms with Gasteiger partial charge in [0.05, 0.1) is 5.69 Å². The lowest BCUT2D eigenvalue weighted by molar-refractivity contribution is 0.0987. The lowest BCUT2D eigenvalue weighted by Gasteiger charge is -2.18. The zero-order valence-corrected chi connectivity index (χ0v) is 15.9. The summed E-state index contributed by atoms with van der Waals surface area (Å²) in [5, 5.41) is 2.72. The summed E-state index contributed by atoms with van der Waals surface area (Å²) in [5.74, 6) is -0.00712. The van der Waals surface area contributed by atoms with E-state index in [9.17, 15) is 4.79 Å². The first-order valence-corrected chi connectivity index (χ1v) is 9.36. The second kappa shape index (κ2) is 7.28. The number of benzene rings is 2. The predicted octanol–water partition coefficient (Wildman–Crippen LogP) is 5.55. The highest BCUT2D eigenvalue weighted by Gasteiger charge is 2.20. The molecule has 0 atom stereocenters. The third-order valence-electron chi connectivity index (χ3n) is 3.80. The summed E-state index contributed by atoms with van der Waals surface area (Å²) in [6.07, 6.45) is 0. The summed E-state index contributed by atoms with van der Waals surface area (Å²) >= 11 is 4.93. The van der Waals surface area contributed by atoms with Crippen molar-refractivity contribution in [2.24, 2.45) is 0 Å². The molecule has 0 aliphatic heterocycles. The van der Waals surface area contributed by atoms with Gasteiger partial charge >= 0.3 is 0 Å². The Kier molecular flexibility index (Phi) is 5.11. The van der Waals surface area contributed by atoms with E-state index in [2.05, 4.69) is 20.9 Å². The Hall–Kier alpha value is -1.98. The number of nitrogens with zero attached hydrogens (tertiary/aromatic N) is 2. The highest BCUT2D eigenvalue weighted by Crippen LogP contribution is 2.29. The second-order valence-electron chi connectivity index (χ2n) is 5.39. The fourth-order valence-corrected chi connectivity index (χ4v) is 3.63. The van der Waals surface area contributed by atoms with Crippen LogP contribution < -0.4 is 4.90 Å². The van der Waals surface area contributed by atoms with Gasteiger partial charge in [-0.2, -0.15) is 0 Å².